The number of hydrogen-bond acceptors (Lipinski definition) is 3. The van der Waals surface area contributed by atoms with Gasteiger partial charge in [0.25, 0.3) is 0 Å². The second-order valence-electron chi connectivity index (χ2n) is 5.42. The average Bonchev–Trinajstić information content (AvgIpc) is 2.31. The minimum absolute atomic E-state index is 0.273. The van der Waals surface area contributed by atoms with Gasteiger partial charge in [-0.15, -0.1) is 0 Å². The molecule has 0 bridgehead atoms. The molecule has 1 aromatic carbocycles. The molecule has 0 atom stereocenters. The number of nitriles is 1. The highest BCUT2D eigenvalue weighted by atomic mass is 16.5. The molecule has 0 saturated carbocycles. The van der Waals surface area contributed by atoms with Crippen LogP contribution in [0.15, 0.2) is 12.1 Å². The van der Waals surface area contributed by atoms with Crippen molar-refractivity contribution < 1.29 is 4.74 Å². The Morgan fingerprint density at radius 1 is 1.28 bits per heavy atom. The van der Waals surface area contributed by atoms with Crippen LogP contribution in [-0.4, -0.2) is 6.61 Å². The molecule has 18 heavy (non-hydrogen) atoms. The van der Waals surface area contributed by atoms with E-state index in [1.54, 1.807) is 0 Å². The Morgan fingerprint density at radius 3 is 2.56 bits per heavy atom. The Hall–Kier alpha value is -1.69. The number of hydrogen-bond donors (Lipinski definition) is 1. The van der Waals surface area contributed by atoms with Gasteiger partial charge < -0.3 is 10.5 Å². The van der Waals surface area contributed by atoms with Crippen LogP contribution in [-0.2, 0) is 0 Å². The molecule has 1 aromatic rings. The van der Waals surface area contributed by atoms with Crippen LogP contribution in [0.3, 0.4) is 0 Å². The highest BCUT2D eigenvalue weighted by Gasteiger charge is 2.15. The smallest absolute Gasteiger partial charge is 0.124 e. The van der Waals surface area contributed by atoms with Crippen LogP contribution in [0.5, 0.6) is 5.75 Å². The van der Waals surface area contributed by atoms with Gasteiger partial charge in [-0.25, -0.2) is 0 Å². The standard InChI is InChI=1S/C15H22N2O/c1-11-8-12(2)14(9-13(11)17)18-7-5-6-15(3,4)10-16/h8-9H,5-7,17H2,1-4H3. The van der Waals surface area contributed by atoms with E-state index in [-0.39, 0.29) is 5.41 Å². The number of anilines is 1. The Labute approximate surface area is 110 Å². The molecule has 2 N–H and O–H groups in total. The van der Waals surface area contributed by atoms with Crippen molar-refractivity contribution in [3.05, 3.63) is 23.3 Å². The van der Waals surface area contributed by atoms with Gasteiger partial charge >= 0.3 is 0 Å². The topological polar surface area (TPSA) is 59.0 Å². The van der Waals surface area contributed by atoms with Gasteiger partial charge in [0.1, 0.15) is 5.75 Å². The van der Waals surface area contributed by atoms with Gasteiger partial charge in [-0.3, -0.25) is 0 Å². The first kappa shape index (κ1) is 14.4. The third-order valence-corrected chi connectivity index (χ3v) is 3.07. The number of nitrogen functional groups attached to an aromatic ring is 1. The van der Waals surface area contributed by atoms with E-state index in [2.05, 4.69) is 6.07 Å². The van der Waals surface area contributed by atoms with E-state index in [1.165, 1.54) is 0 Å². The van der Waals surface area contributed by atoms with Crippen molar-refractivity contribution in [1.29, 1.82) is 5.26 Å². The van der Waals surface area contributed by atoms with E-state index in [0.29, 0.717) is 6.61 Å². The quantitative estimate of drug-likeness (QED) is 0.638. The summed E-state index contributed by atoms with van der Waals surface area (Å²) in [6.07, 6.45) is 1.71. The van der Waals surface area contributed by atoms with Crippen LogP contribution in [0.25, 0.3) is 0 Å². The number of ether oxygens (including phenoxy) is 1. The molecule has 0 spiro atoms. The van der Waals surface area contributed by atoms with E-state index >= 15 is 0 Å². The minimum Gasteiger partial charge on any atom is -0.493 e. The minimum atomic E-state index is -0.273. The normalized spacial score (nSPS) is 11.1. The monoisotopic (exact) mass is 246 g/mol. The summed E-state index contributed by atoms with van der Waals surface area (Å²) in [5, 5.41) is 8.91. The summed E-state index contributed by atoms with van der Waals surface area (Å²) in [6.45, 7) is 8.52. The van der Waals surface area contributed by atoms with E-state index in [1.807, 2.05) is 39.8 Å². The van der Waals surface area contributed by atoms with Crippen LogP contribution in [0.2, 0.25) is 0 Å². The second kappa shape index (κ2) is 5.77. The molecule has 0 unspecified atom stereocenters. The Morgan fingerprint density at radius 2 is 1.94 bits per heavy atom. The van der Waals surface area contributed by atoms with Crippen molar-refractivity contribution in [3.8, 4) is 11.8 Å². The number of aryl methyl sites for hydroxylation is 2. The zero-order valence-corrected chi connectivity index (χ0v) is 11.7. The van der Waals surface area contributed by atoms with E-state index in [9.17, 15) is 0 Å². The van der Waals surface area contributed by atoms with Crippen molar-refractivity contribution in [2.45, 2.75) is 40.5 Å². The maximum absolute atomic E-state index is 8.91. The molecule has 3 heteroatoms. The molecule has 0 aliphatic heterocycles. The molecule has 0 aliphatic rings. The average molecular weight is 246 g/mol. The molecule has 0 saturated heterocycles. The Kier molecular flexibility index (Phi) is 4.61. The summed E-state index contributed by atoms with van der Waals surface area (Å²) in [6, 6.07) is 6.20. The fourth-order valence-electron chi connectivity index (χ4n) is 1.76. The number of nitrogens with two attached hydrogens (primary N) is 1. The molecule has 0 heterocycles. The molecular weight excluding hydrogens is 224 g/mol. The van der Waals surface area contributed by atoms with E-state index in [4.69, 9.17) is 15.7 Å². The molecule has 0 aliphatic carbocycles. The van der Waals surface area contributed by atoms with Gasteiger partial charge in [0, 0.05) is 11.8 Å². The zero-order chi connectivity index (χ0) is 13.8. The van der Waals surface area contributed by atoms with Crippen LogP contribution in [0, 0.1) is 30.6 Å². The molecule has 0 aromatic heterocycles. The van der Waals surface area contributed by atoms with Crippen LogP contribution in [0.1, 0.15) is 37.8 Å². The molecule has 3 nitrogen and oxygen atoms in total. The van der Waals surface area contributed by atoms with Gasteiger partial charge in [0.05, 0.1) is 18.1 Å². The predicted octanol–water partition coefficient (Wildman–Crippen LogP) is 3.59. The van der Waals surface area contributed by atoms with Gasteiger partial charge in [0.2, 0.25) is 0 Å². The highest BCUT2D eigenvalue weighted by molar-refractivity contribution is 5.54. The van der Waals surface area contributed by atoms with Gasteiger partial charge in [0.15, 0.2) is 0 Å². The van der Waals surface area contributed by atoms with E-state index < -0.39 is 0 Å². The predicted molar refractivity (Wildman–Crippen MR) is 74.5 cm³/mol. The largest absolute Gasteiger partial charge is 0.493 e. The van der Waals surface area contributed by atoms with Crippen molar-refractivity contribution in [2.75, 3.05) is 12.3 Å². The number of nitrogens with zero attached hydrogens (tertiary/aromatic N) is 1. The van der Waals surface area contributed by atoms with Gasteiger partial charge in [-0.05, 0) is 51.7 Å². The van der Waals surface area contributed by atoms with Crippen LogP contribution < -0.4 is 10.5 Å². The molecule has 0 amide bonds. The lowest BCUT2D eigenvalue weighted by Gasteiger charge is -2.16. The molecule has 0 fully saturated rings. The fourth-order valence-corrected chi connectivity index (χ4v) is 1.76. The second-order valence-corrected chi connectivity index (χ2v) is 5.42. The fraction of sp³-hybridized carbons (Fsp3) is 0.533. The summed E-state index contributed by atoms with van der Waals surface area (Å²) in [5.74, 6) is 0.841. The Bertz CT molecular complexity index is 458. The molecule has 1 rings (SSSR count). The third kappa shape index (κ3) is 3.96. The summed E-state index contributed by atoms with van der Waals surface area (Å²) >= 11 is 0. The Balaban J connectivity index is 2.50. The maximum atomic E-state index is 8.91. The van der Waals surface area contributed by atoms with E-state index in [0.717, 1.165) is 35.4 Å². The number of benzene rings is 1. The third-order valence-electron chi connectivity index (χ3n) is 3.07. The lowest BCUT2D eigenvalue weighted by Crippen LogP contribution is -2.10. The summed E-state index contributed by atoms with van der Waals surface area (Å²) in [4.78, 5) is 0. The van der Waals surface area contributed by atoms with Gasteiger partial charge in [-0.2, -0.15) is 5.26 Å². The first-order valence-electron chi connectivity index (χ1n) is 6.26. The highest BCUT2D eigenvalue weighted by Crippen LogP contribution is 2.25. The summed E-state index contributed by atoms with van der Waals surface area (Å²) in [5.41, 5.74) is 8.52. The van der Waals surface area contributed by atoms with Crippen LogP contribution >= 0.6 is 0 Å². The molecule has 98 valence electrons. The molecule has 0 radical (unpaired) electrons. The summed E-state index contributed by atoms with van der Waals surface area (Å²) < 4.78 is 5.72. The van der Waals surface area contributed by atoms with Crippen molar-refractivity contribution in [3.63, 3.8) is 0 Å². The van der Waals surface area contributed by atoms with Crippen molar-refractivity contribution >= 4 is 5.69 Å². The van der Waals surface area contributed by atoms with Crippen molar-refractivity contribution in [1.82, 2.24) is 0 Å². The first-order chi connectivity index (χ1) is 8.35. The van der Waals surface area contributed by atoms with Gasteiger partial charge in [-0.1, -0.05) is 6.07 Å². The number of rotatable bonds is 5. The first-order valence-corrected chi connectivity index (χ1v) is 6.26. The lowest BCUT2D eigenvalue weighted by molar-refractivity contribution is 0.283. The molecular formula is C15H22N2O. The van der Waals surface area contributed by atoms with Crippen molar-refractivity contribution in [2.24, 2.45) is 5.41 Å². The SMILES string of the molecule is Cc1cc(C)c(OCCCC(C)(C)C#N)cc1N. The maximum Gasteiger partial charge on any atom is 0.124 e. The lowest BCUT2D eigenvalue weighted by atomic mass is 9.90. The van der Waals surface area contributed by atoms with Crippen LogP contribution in [0.4, 0.5) is 5.69 Å². The zero-order valence-electron chi connectivity index (χ0n) is 11.7. The summed E-state index contributed by atoms with van der Waals surface area (Å²) in [7, 11) is 0.